The zero-order chi connectivity index (χ0) is 16.7. The van der Waals surface area contributed by atoms with Gasteiger partial charge in [0.1, 0.15) is 0 Å². The molecule has 2 N–H and O–H groups in total. The minimum absolute atomic E-state index is 0. The van der Waals surface area contributed by atoms with Crippen LogP contribution in [0.3, 0.4) is 0 Å². The fraction of sp³-hybridized carbons (Fsp3) is 0.667. The summed E-state index contributed by atoms with van der Waals surface area (Å²) in [5, 5.41) is 0. The van der Waals surface area contributed by atoms with Crippen molar-refractivity contribution < 1.29 is 42.1 Å². The number of nitrogens with two attached hydrogens (primary N) is 1. The van der Waals surface area contributed by atoms with Crippen LogP contribution < -0.4 is 5.73 Å². The van der Waals surface area contributed by atoms with Crippen molar-refractivity contribution >= 4 is 0 Å². The number of hydrogen-bond donors (Lipinski definition) is 1. The predicted octanol–water partition coefficient (Wildman–Crippen LogP) is 4.55. The molecule has 0 aromatic carbocycles. The van der Waals surface area contributed by atoms with Crippen LogP contribution in [0.25, 0.3) is 0 Å². The summed E-state index contributed by atoms with van der Waals surface area (Å²) in [6.07, 6.45) is 4.00. The molecule has 22 heavy (non-hydrogen) atoms. The van der Waals surface area contributed by atoms with Gasteiger partial charge in [0.05, 0.1) is 0 Å². The Labute approximate surface area is 170 Å². The molecule has 2 unspecified atom stereocenters. The summed E-state index contributed by atoms with van der Waals surface area (Å²) in [6.45, 7) is 27.9. The zero-order valence-corrected chi connectivity index (χ0v) is 21.6. The largest absolute Gasteiger partial charge is 0.403 e. The molecule has 1 heterocycles. The Morgan fingerprint density at radius 2 is 1.23 bits per heavy atom. The van der Waals surface area contributed by atoms with E-state index in [1.165, 1.54) is 0 Å². The maximum Gasteiger partial charge on any atom is 0.00366 e. The first-order chi connectivity index (χ1) is 9.17. The molecular formula is C18H38N2W2-4. The Morgan fingerprint density at radius 1 is 1.05 bits per heavy atom. The second kappa shape index (κ2) is 24.1. The van der Waals surface area contributed by atoms with Gasteiger partial charge in [-0.15, -0.1) is 0 Å². The van der Waals surface area contributed by atoms with Gasteiger partial charge in [0.2, 0.25) is 0 Å². The molecule has 0 spiro atoms. The quantitative estimate of drug-likeness (QED) is 0.423. The molecule has 0 bridgehead atoms. The van der Waals surface area contributed by atoms with Crippen molar-refractivity contribution in [2.75, 3.05) is 13.1 Å². The molecule has 4 heteroatoms. The minimum Gasteiger partial charge on any atom is -0.403 e. The van der Waals surface area contributed by atoms with Crippen molar-refractivity contribution in [1.82, 2.24) is 4.90 Å². The molecule has 2 nitrogen and oxygen atoms in total. The van der Waals surface area contributed by atoms with E-state index in [0.717, 1.165) is 13.1 Å². The number of likely N-dealkylation sites (tertiary alicyclic amines) is 1. The topological polar surface area (TPSA) is 29.3 Å². The molecule has 0 aromatic heterocycles. The van der Waals surface area contributed by atoms with Gasteiger partial charge in [0.15, 0.2) is 0 Å². The first-order valence-electron chi connectivity index (χ1n) is 7.46. The van der Waals surface area contributed by atoms with Crippen molar-refractivity contribution in [3.05, 3.63) is 39.0 Å². The minimum atomic E-state index is 0. The van der Waals surface area contributed by atoms with Gasteiger partial charge in [-0.05, 0) is 39.6 Å². The fourth-order valence-corrected chi connectivity index (χ4v) is 1.40. The molecule has 1 fully saturated rings. The fourth-order valence-electron chi connectivity index (χ4n) is 1.40. The van der Waals surface area contributed by atoms with Crippen LogP contribution in [0.2, 0.25) is 0 Å². The van der Waals surface area contributed by atoms with Crippen molar-refractivity contribution in [3.63, 3.8) is 0 Å². The van der Waals surface area contributed by atoms with Crippen molar-refractivity contribution in [3.8, 4) is 0 Å². The molecule has 0 radical (unpaired) electrons. The molecule has 1 aliphatic rings. The summed E-state index contributed by atoms with van der Waals surface area (Å²) in [4.78, 5) is 2.44. The summed E-state index contributed by atoms with van der Waals surface area (Å²) in [5.74, 6) is 1.09. The standard InChI is InChI=1S/C9H17N.C3H7N.2C3H7.2W/c1-7(2)10-5-8(3)9(4)6-10;1-3(2)4;2*1-3-2;;/h7-9H,3-6H2,1-2H3;1,4H2,2H3;2*3H,1-2H3;;/q-2;;2*-1;;. The average Bonchev–Trinajstić information content (AvgIpc) is 2.61. The Hall–Kier alpha value is 0.877. The van der Waals surface area contributed by atoms with E-state index in [9.17, 15) is 0 Å². The molecule has 136 valence electrons. The molecule has 0 saturated carbocycles. The third-order valence-electron chi connectivity index (χ3n) is 2.33. The van der Waals surface area contributed by atoms with E-state index in [-0.39, 0.29) is 42.1 Å². The van der Waals surface area contributed by atoms with Gasteiger partial charge in [-0.3, -0.25) is 0 Å². The van der Waals surface area contributed by atoms with Crippen LogP contribution in [-0.2, 0) is 42.1 Å². The molecule has 2 atom stereocenters. The third-order valence-corrected chi connectivity index (χ3v) is 2.33. The van der Waals surface area contributed by atoms with Gasteiger partial charge >= 0.3 is 0 Å². The molecule has 1 aliphatic heterocycles. The summed E-state index contributed by atoms with van der Waals surface area (Å²) in [5.41, 5.74) is 5.58. The van der Waals surface area contributed by atoms with Gasteiger partial charge in [-0.25, -0.2) is 0 Å². The predicted molar refractivity (Wildman–Crippen MR) is 94.7 cm³/mol. The smallest absolute Gasteiger partial charge is 0.00366 e. The van der Waals surface area contributed by atoms with Gasteiger partial charge in [0.25, 0.3) is 0 Å². The zero-order valence-electron chi connectivity index (χ0n) is 15.8. The maximum absolute atomic E-state index is 4.92. The van der Waals surface area contributed by atoms with Crippen LogP contribution in [0.4, 0.5) is 0 Å². The second-order valence-electron chi connectivity index (χ2n) is 5.57. The SMILES string of the molecule is C=C(C)N.C[CH-]C.C[CH-]C.[CH2-]C1CN(C(C)C)CC1[CH2-].[W].[W]. The Kier molecular flexibility index (Phi) is 37.6. The van der Waals surface area contributed by atoms with E-state index in [0.29, 0.717) is 23.6 Å². The number of nitrogens with zero attached hydrogens (tertiary/aromatic N) is 1. The molecule has 1 saturated heterocycles. The summed E-state index contributed by atoms with van der Waals surface area (Å²) >= 11 is 0. The van der Waals surface area contributed by atoms with Gasteiger partial charge in [-0.2, -0.15) is 39.5 Å². The van der Waals surface area contributed by atoms with E-state index in [4.69, 9.17) is 5.73 Å². The van der Waals surface area contributed by atoms with E-state index in [1.807, 2.05) is 40.5 Å². The number of rotatable bonds is 1. The second-order valence-corrected chi connectivity index (χ2v) is 5.57. The Bertz CT molecular complexity index is 193. The van der Waals surface area contributed by atoms with Crippen molar-refractivity contribution in [2.24, 2.45) is 17.6 Å². The van der Waals surface area contributed by atoms with Gasteiger partial charge in [0, 0.05) is 48.2 Å². The third kappa shape index (κ3) is 29.0. The van der Waals surface area contributed by atoms with Crippen LogP contribution >= 0.6 is 0 Å². The van der Waals surface area contributed by atoms with Crippen LogP contribution in [-0.4, -0.2) is 24.0 Å². The molecule has 1 rings (SSSR count). The van der Waals surface area contributed by atoms with Gasteiger partial charge < -0.3 is 37.3 Å². The summed E-state index contributed by atoms with van der Waals surface area (Å²) in [7, 11) is 0. The van der Waals surface area contributed by atoms with E-state index < -0.39 is 0 Å². The molecular weight excluding hydrogens is 612 g/mol. The summed E-state index contributed by atoms with van der Waals surface area (Å²) in [6, 6.07) is 0.663. The van der Waals surface area contributed by atoms with E-state index in [2.05, 4.69) is 39.2 Å². The molecule has 0 aliphatic carbocycles. The van der Waals surface area contributed by atoms with Crippen LogP contribution in [0, 0.1) is 38.5 Å². The molecule has 0 amide bonds. The maximum atomic E-state index is 4.92. The van der Waals surface area contributed by atoms with E-state index in [1.54, 1.807) is 6.92 Å². The van der Waals surface area contributed by atoms with Gasteiger partial charge in [-0.1, -0.05) is 6.58 Å². The van der Waals surface area contributed by atoms with Crippen LogP contribution in [0.1, 0.15) is 48.5 Å². The first kappa shape index (κ1) is 34.3. The Morgan fingerprint density at radius 3 is 1.32 bits per heavy atom. The number of hydrogen-bond acceptors (Lipinski definition) is 2. The Balaban J connectivity index is -0.0000000686. The van der Waals surface area contributed by atoms with Crippen molar-refractivity contribution in [1.29, 1.82) is 0 Å². The normalized spacial score (nSPS) is 19.0. The number of allylic oxidation sites excluding steroid dienone is 1. The molecule has 0 aromatic rings. The average molecular weight is 650 g/mol. The monoisotopic (exact) mass is 650 g/mol. The summed E-state index contributed by atoms with van der Waals surface area (Å²) < 4.78 is 0. The van der Waals surface area contributed by atoms with E-state index >= 15 is 0 Å². The first-order valence-corrected chi connectivity index (χ1v) is 7.46. The van der Waals surface area contributed by atoms with Crippen molar-refractivity contribution in [2.45, 2.75) is 54.5 Å². The van der Waals surface area contributed by atoms with Crippen LogP contribution in [0.5, 0.6) is 0 Å². The van der Waals surface area contributed by atoms with Crippen LogP contribution in [0.15, 0.2) is 12.3 Å².